The molecule has 5 heteroatoms. The van der Waals surface area contributed by atoms with E-state index in [1.807, 2.05) is 6.92 Å². The molecule has 0 aliphatic heterocycles. The summed E-state index contributed by atoms with van der Waals surface area (Å²) >= 11 is 0. The molecule has 2 N–H and O–H groups in total. The third-order valence-corrected chi connectivity index (χ3v) is 1.90. The van der Waals surface area contributed by atoms with E-state index in [0.29, 0.717) is 13.1 Å². The van der Waals surface area contributed by atoms with Gasteiger partial charge in [-0.2, -0.15) is 0 Å². The van der Waals surface area contributed by atoms with Crippen molar-refractivity contribution in [1.82, 2.24) is 4.90 Å². The van der Waals surface area contributed by atoms with Gasteiger partial charge in [0.05, 0.1) is 19.6 Å². The molecule has 0 aliphatic rings. The van der Waals surface area contributed by atoms with Gasteiger partial charge < -0.3 is 15.4 Å². The first-order valence-corrected chi connectivity index (χ1v) is 4.64. The van der Waals surface area contributed by atoms with Crippen LogP contribution < -0.4 is 5.73 Å². The lowest BCUT2D eigenvalue weighted by Gasteiger charge is -2.22. The fourth-order valence-corrected chi connectivity index (χ4v) is 1.04. The number of amides is 1. The maximum absolute atomic E-state index is 11.4. The van der Waals surface area contributed by atoms with Crippen molar-refractivity contribution in [3.63, 3.8) is 0 Å². The van der Waals surface area contributed by atoms with E-state index in [4.69, 9.17) is 5.73 Å². The van der Waals surface area contributed by atoms with Crippen LogP contribution in [-0.4, -0.2) is 43.0 Å². The number of methoxy groups -OCH3 is 1. The van der Waals surface area contributed by atoms with Crippen LogP contribution in [0.15, 0.2) is 0 Å². The van der Waals surface area contributed by atoms with Crippen molar-refractivity contribution in [2.75, 3.05) is 20.2 Å². The smallest absolute Gasteiger partial charge is 0.307 e. The summed E-state index contributed by atoms with van der Waals surface area (Å²) in [7, 11) is 1.33. The van der Waals surface area contributed by atoms with Crippen molar-refractivity contribution in [2.24, 2.45) is 5.73 Å². The van der Waals surface area contributed by atoms with Crippen molar-refractivity contribution in [3.8, 4) is 0 Å². The van der Waals surface area contributed by atoms with E-state index < -0.39 is 6.04 Å². The van der Waals surface area contributed by atoms with Crippen LogP contribution in [-0.2, 0) is 14.3 Å². The molecule has 0 heterocycles. The average Bonchev–Trinajstić information content (AvgIpc) is 2.17. The summed E-state index contributed by atoms with van der Waals surface area (Å²) in [5.74, 6) is -0.461. The zero-order valence-corrected chi connectivity index (χ0v) is 8.95. The van der Waals surface area contributed by atoms with E-state index in [1.165, 1.54) is 7.11 Å². The molecule has 82 valence electrons. The number of nitrogens with two attached hydrogens (primary N) is 1. The number of hydrogen-bond donors (Lipinski definition) is 1. The van der Waals surface area contributed by atoms with Crippen molar-refractivity contribution >= 4 is 11.9 Å². The highest BCUT2D eigenvalue weighted by atomic mass is 16.5. The van der Waals surface area contributed by atoms with Crippen LogP contribution in [0.1, 0.15) is 20.3 Å². The summed E-state index contributed by atoms with van der Waals surface area (Å²) in [4.78, 5) is 23.8. The number of carbonyl (C=O) groups is 2. The number of carbonyl (C=O) groups excluding carboxylic acids is 2. The fourth-order valence-electron chi connectivity index (χ4n) is 1.04. The van der Waals surface area contributed by atoms with Gasteiger partial charge in [0.2, 0.25) is 5.91 Å². The van der Waals surface area contributed by atoms with Crippen LogP contribution in [0.2, 0.25) is 0 Å². The van der Waals surface area contributed by atoms with E-state index in [0.717, 1.165) is 0 Å². The number of hydrogen-bond acceptors (Lipinski definition) is 4. The molecule has 0 spiro atoms. The van der Waals surface area contributed by atoms with Gasteiger partial charge >= 0.3 is 5.97 Å². The zero-order valence-electron chi connectivity index (χ0n) is 8.95. The molecule has 0 aliphatic carbocycles. The molecule has 0 aromatic carbocycles. The Morgan fingerprint density at radius 3 is 2.43 bits per heavy atom. The molecule has 0 fully saturated rings. The standard InChI is InChI=1S/C9H18N2O3/c1-4-11(9(13)7(2)10)6-5-8(12)14-3/h7H,4-6,10H2,1-3H3. The molecule has 0 aromatic heterocycles. The summed E-state index contributed by atoms with van der Waals surface area (Å²) in [6, 6.07) is -0.521. The third kappa shape index (κ3) is 4.23. The van der Waals surface area contributed by atoms with E-state index in [-0.39, 0.29) is 18.3 Å². The lowest BCUT2D eigenvalue weighted by molar-refractivity contribution is -0.141. The molecule has 14 heavy (non-hydrogen) atoms. The van der Waals surface area contributed by atoms with Gasteiger partial charge in [-0.25, -0.2) is 0 Å². The third-order valence-electron chi connectivity index (χ3n) is 1.90. The molecular weight excluding hydrogens is 184 g/mol. The summed E-state index contributed by atoms with van der Waals surface area (Å²) < 4.78 is 4.48. The quantitative estimate of drug-likeness (QED) is 0.624. The Bertz CT molecular complexity index is 204. The fraction of sp³-hybridized carbons (Fsp3) is 0.778. The topological polar surface area (TPSA) is 72.6 Å². The second kappa shape index (κ2) is 6.37. The molecule has 1 unspecified atom stereocenters. The Labute approximate surface area is 84.2 Å². The van der Waals surface area contributed by atoms with Gasteiger partial charge in [0.25, 0.3) is 0 Å². The Balaban J connectivity index is 4.03. The predicted octanol–water partition coefficient (Wildman–Crippen LogP) is -0.255. The van der Waals surface area contributed by atoms with Crippen LogP contribution in [0, 0.1) is 0 Å². The summed E-state index contributed by atoms with van der Waals surface area (Å²) in [6.07, 6.45) is 0.211. The highest BCUT2D eigenvalue weighted by Crippen LogP contribution is 1.96. The molecular formula is C9H18N2O3. The first-order chi connectivity index (χ1) is 6.52. The minimum Gasteiger partial charge on any atom is -0.469 e. The van der Waals surface area contributed by atoms with Crippen LogP contribution in [0.25, 0.3) is 0 Å². The largest absolute Gasteiger partial charge is 0.469 e. The molecule has 1 atom stereocenters. The van der Waals surface area contributed by atoms with E-state index >= 15 is 0 Å². The van der Waals surface area contributed by atoms with Crippen LogP contribution in [0.5, 0.6) is 0 Å². The van der Waals surface area contributed by atoms with Crippen LogP contribution in [0.3, 0.4) is 0 Å². The maximum Gasteiger partial charge on any atom is 0.307 e. The Morgan fingerprint density at radius 2 is 2.07 bits per heavy atom. The minimum atomic E-state index is -0.521. The first-order valence-electron chi connectivity index (χ1n) is 4.64. The normalized spacial score (nSPS) is 12.0. The Kier molecular flexibility index (Phi) is 5.87. The average molecular weight is 202 g/mol. The molecule has 0 bridgehead atoms. The number of rotatable bonds is 5. The molecule has 0 saturated heterocycles. The summed E-state index contributed by atoms with van der Waals surface area (Å²) in [5, 5.41) is 0. The lowest BCUT2D eigenvalue weighted by atomic mass is 10.3. The minimum absolute atomic E-state index is 0.142. The molecule has 5 nitrogen and oxygen atoms in total. The van der Waals surface area contributed by atoms with Gasteiger partial charge in [0, 0.05) is 13.1 Å². The Hall–Kier alpha value is -1.10. The van der Waals surface area contributed by atoms with Gasteiger partial charge in [-0.1, -0.05) is 0 Å². The number of nitrogens with zero attached hydrogens (tertiary/aromatic N) is 1. The molecule has 0 radical (unpaired) electrons. The van der Waals surface area contributed by atoms with Crippen molar-refractivity contribution in [2.45, 2.75) is 26.3 Å². The second-order valence-electron chi connectivity index (χ2n) is 3.03. The van der Waals surface area contributed by atoms with Gasteiger partial charge in [-0.05, 0) is 13.8 Å². The highest BCUT2D eigenvalue weighted by molar-refractivity contribution is 5.81. The van der Waals surface area contributed by atoms with Gasteiger partial charge in [0.1, 0.15) is 0 Å². The number of ether oxygens (including phenoxy) is 1. The van der Waals surface area contributed by atoms with Crippen LogP contribution >= 0.6 is 0 Å². The summed E-state index contributed by atoms with van der Waals surface area (Å²) in [5.41, 5.74) is 5.44. The number of likely N-dealkylation sites (N-methyl/N-ethyl adjacent to an activating group) is 1. The molecule has 0 saturated carbocycles. The molecule has 0 aromatic rings. The second-order valence-corrected chi connectivity index (χ2v) is 3.03. The summed E-state index contributed by atoms with van der Waals surface area (Å²) in [6.45, 7) is 4.39. The maximum atomic E-state index is 11.4. The van der Waals surface area contributed by atoms with E-state index in [1.54, 1.807) is 11.8 Å². The zero-order chi connectivity index (χ0) is 11.1. The lowest BCUT2D eigenvalue weighted by Crippen LogP contribution is -2.42. The molecule has 1 amide bonds. The first kappa shape index (κ1) is 12.9. The monoisotopic (exact) mass is 202 g/mol. The van der Waals surface area contributed by atoms with Crippen molar-refractivity contribution in [1.29, 1.82) is 0 Å². The van der Waals surface area contributed by atoms with E-state index in [2.05, 4.69) is 4.74 Å². The highest BCUT2D eigenvalue weighted by Gasteiger charge is 2.16. The van der Waals surface area contributed by atoms with E-state index in [9.17, 15) is 9.59 Å². The van der Waals surface area contributed by atoms with Crippen LogP contribution in [0.4, 0.5) is 0 Å². The van der Waals surface area contributed by atoms with Gasteiger partial charge in [-0.3, -0.25) is 9.59 Å². The van der Waals surface area contributed by atoms with Gasteiger partial charge in [0.15, 0.2) is 0 Å². The predicted molar refractivity (Wildman–Crippen MR) is 52.5 cm³/mol. The van der Waals surface area contributed by atoms with Crippen molar-refractivity contribution in [3.05, 3.63) is 0 Å². The SMILES string of the molecule is CCN(CCC(=O)OC)C(=O)C(C)N. The number of esters is 1. The molecule has 0 rings (SSSR count). The Morgan fingerprint density at radius 1 is 1.50 bits per heavy atom. The van der Waals surface area contributed by atoms with Crippen molar-refractivity contribution < 1.29 is 14.3 Å². The van der Waals surface area contributed by atoms with Gasteiger partial charge in [-0.15, -0.1) is 0 Å².